The molecule has 2 rings (SSSR count). The third-order valence-corrected chi connectivity index (χ3v) is 2.65. The van der Waals surface area contributed by atoms with Gasteiger partial charge in [-0.3, -0.25) is 4.79 Å². The Kier molecular flexibility index (Phi) is 3.35. The average Bonchev–Trinajstić information content (AvgIpc) is 2.41. The van der Waals surface area contributed by atoms with Crippen molar-refractivity contribution in [2.75, 3.05) is 11.1 Å². The van der Waals surface area contributed by atoms with Crippen LogP contribution in [0.5, 0.6) is 0 Å². The number of benzene rings is 2. The molecule has 94 valence electrons. The van der Waals surface area contributed by atoms with Gasteiger partial charge in [-0.1, -0.05) is 12.1 Å². The third-order valence-electron chi connectivity index (χ3n) is 2.65. The van der Waals surface area contributed by atoms with E-state index in [0.717, 1.165) is 0 Å². The number of primary amides is 1. The summed E-state index contributed by atoms with van der Waals surface area (Å²) in [5.74, 6) is -0.531. The van der Waals surface area contributed by atoms with Crippen LogP contribution in [0.2, 0.25) is 0 Å². The highest BCUT2D eigenvalue weighted by molar-refractivity contribution is 5.95. The maximum Gasteiger partial charge on any atom is 0.248 e. The minimum Gasteiger partial charge on any atom is -0.397 e. The van der Waals surface area contributed by atoms with E-state index >= 15 is 0 Å². The van der Waals surface area contributed by atoms with Gasteiger partial charge in [0.15, 0.2) is 0 Å². The molecule has 0 spiro atoms. The van der Waals surface area contributed by atoms with Gasteiger partial charge >= 0.3 is 0 Å². The Labute approximate surface area is 110 Å². The highest BCUT2D eigenvalue weighted by Crippen LogP contribution is 2.26. The largest absolute Gasteiger partial charge is 0.397 e. The van der Waals surface area contributed by atoms with Crippen molar-refractivity contribution in [2.24, 2.45) is 5.73 Å². The molecule has 0 aliphatic carbocycles. The molecule has 0 unspecified atom stereocenters. The molecule has 1 amide bonds. The second-order valence-electron chi connectivity index (χ2n) is 3.95. The lowest BCUT2D eigenvalue weighted by Crippen LogP contribution is -2.11. The number of nitriles is 1. The van der Waals surface area contributed by atoms with Gasteiger partial charge in [0, 0.05) is 5.56 Å². The van der Waals surface area contributed by atoms with Crippen molar-refractivity contribution in [2.45, 2.75) is 0 Å². The number of nitrogens with two attached hydrogens (primary N) is 2. The lowest BCUT2D eigenvalue weighted by molar-refractivity contribution is 0.100. The predicted octanol–water partition coefficient (Wildman–Crippen LogP) is 1.98. The van der Waals surface area contributed by atoms with E-state index in [4.69, 9.17) is 16.7 Å². The van der Waals surface area contributed by atoms with Gasteiger partial charge < -0.3 is 16.8 Å². The number of carbonyl (C=O) groups excluding carboxylic acids is 1. The number of rotatable bonds is 3. The van der Waals surface area contributed by atoms with E-state index in [0.29, 0.717) is 28.2 Å². The zero-order chi connectivity index (χ0) is 13.8. The molecule has 5 nitrogen and oxygen atoms in total. The van der Waals surface area contributed by atoms with Crippen molar-refractivity contribution < 1.29 is 4.79 Å². The zero-order valence-electron chi connectivity index (χ0n) is 10.1. The van der Waals surface area contributed by atoms with Crippen LogP contribution in [0.25, 0.3) is 0 Å². The Bertz CT molecular complexity index is 673. The number of nitrogens with zero attached hydrogens (tertiary/aromatic N) is 1. The van der Waals surface area contributed by atoms with Crippen LogP contribution in [0.15, 0.2) is 42.5 Å². The van der Waals surface area contributed by atoms with E-state index in [1.54, 1.807) is 42.5 Å². The molecular weight excluding hydrogens is 240 g/mol. The van der Waals surface area contributed by atoms with Crippen molar-refractivity contribution in [1.29, 1.82) is 5.26 Å². The van der Waals surface area contributed by atoms with Gasteiger partial charge in [-0.2, -0.15) is 5.26 Å². The van der Waals surface area contributed by atoms with Gasteiger partial charge in [0.1, 0.15) is 6.07 Å². The molecule has 2 aromatic rings. The van der Waals surface area contributed by atoms with Gasteiger partial charge in [-0.25, -0.2) is 0 Å². The van der Waals surface area contributed by atoms with E-state index < -0.39 is 5.91 Å². The van der Waals surface area contributed by atoms with Crippen LogP contribution in [0, 0.1) is 11.3 Å². The van der Waals surface area contributed by atoms with Crippen LogP contribution in [0.1, 0.15) is 15.9 Å². The molecular formula is C14H12N4O. The van der Waals surface area contributed by atoms with Crippen molar-refractivity contribution >= 4 is 23.0 Å². The van der Waals surface area contributed by atoms with Crippen molar-refractivity contribution in [3.8, 4) is 6.07 Å². The Morgan fingerprint density at radius 1 is 1.16 bits per heavy atom. The predicted molar refractivity (Wildman–Crippen MR) is 73.8 cm³/mol. The minimum atomic E-state index is -0.531. The SMILES string of the molecule is N#Cc1ccccc1Nc1cc(C(N)=O)ccc1N. The summed E-state index contributed by atoms with van der Waals surface area (Å²) in [6.07, 6.45) is 0. The van der Waals surface area contributed by atoms with Crippen LogP contribution in [-0.2, 0) is 0 Å². The number of nitrogens with one attached hydrogen (secondary N) is 1. The molecule has 0 aromatic heterocycles. The zero-order valence-corrected chi connectivity index (χ0v) is 10.1. The van der Waals surface area contributed by atoms with E-state index in [-0.39, 0.29) is 0 Å². The first-order chi connectivity index (χ1) is 9.11. The normalized spacial score (nSPS) is 9.63. The van der Waals surface area contributed by atoms with Crippen molar-refractivity contribution in [1.82, 2.24) is 0 Å². The summed E-state index contributed by atoms with van der Waals surface area (Å²) < 4.78 is 0. The molecule has 0 atom stereocenters. The van der Waals surface area contributed by atoms with E-state index in [2.05, 4.69) is 11.4 Å². The summed E-state index contributed by atoms with van der Waals surface area (Å²) in [4.78, 5) is 11.1. The van der Waals surface area contributed by atoms with Crippen LogP contribution < -0.4 is 16.8 Å². The first-order valence-electron chi connectivity index (χ1n) is 5.57. The smallest absolute Gasteiger partial charge is 0.248 e. The molecule has 0 heterocycles. The van der Waals surface area contributed by atoms with Gasteiger partial charge in [0.25, 0.3) is 0 Å². The number of anilines is 3. The molecule has 0 aliphatic heterocycles. The van der Waals surface area contributed by atoms with Crippen LogP contribution in [-0.4, -0.2) is 5.91 Å². The summed E-state index contributed by atoms with van der Waals surface area (Å²) in [6, 6.07) is 13.8. The fourth-order valence-electron chi connectivity index (χ4n) is 1.65. The fraction of sp³-hybridized carbons (Fsp3) is 0. The summed E-state index contributed by atoms with van der Waals surface area (Å²) in [6.45, 7) is 0. The molecule has 19 heavy (non-hydrogen) atoms. The van der Waals surface area contributed by atoms with E-state index in [1.165, 1.54) is 0 Å². The van der Waals surface area contributed by atoms with Crippen LogP contribution in [0.3, 0.4) is 0 Å². The molecule has 5 N–H and O–H groups in total. The summed E-state index contributed by atoms with van der Waals surface area (Å²) in [5, 5.41) is 12.0. The molecule has 5 heteroatoms. The van der Waals surface area contributed by atoms with Gasteiger partial charge in [0.05, 0.1) is 22.6 Å². The highest BCUT2D eigenvalue weighted by Gasteiger charge is 2.07. The maximum absolute atomic E-state index is 11.1. The Hall–Kier alpha value is -3.00. The summed E-state index contributed by atoms with van der Waals surface area (Å²) >= 11 is 0. The summed E-state index contributed by atoms with van der Waals surface area (Å²) in [5.41, 5.74) is 13.5. The number of carbonyl (C=O) groups is 1. The Morgan fingerprint density at radius 2 is 1.89 bits per heavy atom. The molecule has 2 aromatic carbocycles. The quantitative estimate of drug-likeness (QED) is 0.726. The van der Waals surface area contributed by atoms with Crippen LogP contribution >= 0.6 is 0 Å². The lowest BCUT2D eigenvalue weighted by atomic mass is 10.1. The first kappa shape index (κ1) is 12.5. The standard InChI is InChI=1S/C14H12N4O/c15-8-10-3-1-2-4-12(10)18-13-7-9(14(17)19)5-6-11(13)16/h1-7,18H,16H2,(H2,17,19). The second-order valence-corrected chi connectivity index (χ2v) is 3.95. The fourth-order valence-corrected chi connectivity index (χ4v) is 1.65. The molecule has 0 aliphatic rings. The minimum absolute atomic E-state index is 0.353. The second kappa shape index (κ2) is 5.10. The number of hydrogen-bond donors (Lipinski definition) is 3. The van der Waals surface area contributed by atoms with E-state index in [1.807, 2.05) is 0 Å². The first-order valence-corrected chi connectivity index (χ1v) is 5.57. The molecule has 0 bridgehead atoms. The van der Waals surface area contributed by atoms with Crippen molar-refractivity contribution in [3.05, 3.63) is 53.6 Å². The van der Waals surface area contributed by atoms with Crippen LogP contribution in [0.4, 0.5) is 17.1 Å². The Balaban J connectivity index is 2.41. The lowest BCUT2D eigenvalue weighted by Gasteiger charge is -2.11. The van der Waals surface area contributed by atoms with Gasteiger partial charge in [-0.05, 0) is 30.3 Å². The number of para-hydroxylation sites is 1. The Morgan fingerprint density at radius 3 is 2.58 bits per heavy atom. The highest BCUT2D eigenvalue weighted by atomic mass is 16.1. The maximum atomic E-state index is 11.1. The number of nitrogen functional groups attached to an aromatic ring is 1. The monoisotopic (exact) mass is 252 g/mol. The molecule has 0 radical (unpaired) electrons. The number of hydrogen-bond acceptors (Lipinski definition) is 4. The molecule has 0 fully saturated rings. The van der Waals surface area contributed by atoms with Gasteiger partial charge in [-0.15, -0.1) is 0 Å². The van der Waals surface area contributed by atoms with Crippen molar-refractivity contribution in [3.63, 3.8) is 0 Å². The van der Waals surface area contributed by atoms with Gasteiger partial charge in [0.2, 0.25) is 5.91 Å². The average molecular weight is 252 g/mol. The number of amides is 1. The topological polar surface area (TPSA) is 105 Å². The molecule has 0 saturated heterocycles. The molecule has 0 saturated carbocycles. The summed E-state index contributed by atoms with van der Waals surface area (Å²) in [7, 11) is 0. The third kappa shape index (κ3) is 2.64. The van der Waals surface area contributed by atoms with E-state index in [9.17, 15) is 4.79 Å².